The van der Waals surface area contributed by atoms with Gasteiger partial charge in [0, 0.05) is 53.6 Å². The van der Waals surface area contributed by atoms with E-state index < -0.39 is 0 Å². The minimum Gasteiger partial charge on any atom is -0.310 e. The number of hydrogen-bond donors (Lipinski definition) is 0. The fraction of sp³-hybridized carbons (Fsp3) is 0.0182. The second-order valence-corrected chi connectivity index (χ2v) is 16.4. The average Bonchev–Trinajstić information content (AvgIpc) is 3.97. The van der Waals surface area contributed by atoms with Gasteiger partial charge >= 0.3 is 0 Å². The highest BCUT2D eigenvalue weighted by atomic mass is 32.1. The molecule has 0 saturated heterocycles. The molecule has 0 amide bonds. The Kier molecular flexibility index (Phi) is 7.51. The summed E-state index contributed by atoms with van der Waals surface area (Å²) in [5, 5.41) is 5.19. The van der Waals surface area contributed by atoms with Crippen LogP contribution in [0.1, 0.15) is 11.1 Å². The zero-order valence-electron chi connectivity index (χ0n) is 31.6. The van der Waals surface area contributed by atoms with E-state index in [9.17, 15) is 0 Å². The molecule has 11 aromatic rings. The lowest BCUT2D eigenvalue weighted by Gasteiger charge is -2.28. The predicted octanol–water partition coefficient (Wildman–Crippen LogP) is 15.5. The third-order valence-electron chi connectivity index (χ3n) is 12.0. The first kappa shape index (κ1) is 33.0. The third kappa shape index (κ3) is 5.25. The molecular weight excluding hydrogens is 721 g/mol. The number of nitrogens with zero attached hydrogens (tertiary/aromatic N) is 2. The molecule has 0 saturated carbocycles. The molecule has 1 aliphatic rings. The second-order valence-electron chi connectivity index (χ2n) is 15.3. The minimum atomic E-state index is 0.952. The smallest absolute Gasteiger partial charge is 0.0547 e. The fourth-order valence-corrected chi connectivity index (χ4v) is 10.4. The van der Waals surface area contributed by atoms with Crippen molar-refractivity contribution >= 4 is 70.4 Å². The maximum atomic E-state index is 2.44. The molecule has 0 spiro atoms. The van der Waals surface area contributed by atoms with Crippen molar-refractivity contribution in [1.29, 1.82) is 0 Å². The largest absolute Gasteiger partial charge is 0.310 e. The highest BCUT2D eigenvalue weighted by molar-refractivity contribution is 7.25. The van der Waals surface area contributed by atoms with Gasteiger partial charge in [-0.2, -0.15) is 0 Å². The van der Waals surface area contributed by atoms with Gasteiger partial charge in [-0.1, -0.05) is 140 Å². The van der Waals surface area contributed by atoms with E-state index in [0.29, 0.717) is 0 Å². The maximum absolute atomic E-state index is 2.44. The van der Waals surface area contributed by atoms with Crippen LogP contribution in [0.5, 0.6) is 0 Å². The average molecular weight is 757 g/mol. The Balaban J connectivity index is 0.965. The van der Waals surface area contributed by atoms with Crippen LogP contribution in [-0.2, 0) is 6.42 Å². The van der Waals surface area contributed by atoms with Crippen LogP contribution in [0.15, 0.2) is 206 Å². The first-order valence-corrected chi connectivity index (χ1v) is 20.8. The Labute approximate surface area is 341 Å². The Morgan fingerprint density at radius 3 is 1.78 bits per heavy atom. The van der Waals surface area contributed by atoms with Crippen LogP contribution in [0.25, 0.3) is 81.0 Å². The van der Waals surface area contributed by atoms with Gasteiger partial charge in [0.25, 0.3) is 0 Å². The number of rotatable bonds is 6. The second kappa shape index (κ2) is 13.2. The van der Waals surface area contributed by atoms with Crippen molar-refractivity contribution in [2.45, 2.75) is 6.42 Å². The van der Waals surface area contributed by atoms with Gasteiger partial charge in [-0.3, -0.25) is 0 Å². The van der Waals surface area contributed by atoms with E-state index in [1.54, 1.807) is 0 Å². The molecule has 9 aromatic carbocycles. The van der Waals surface area contributed by atoms with Crippen LogP contribution in [0.3, 0.4) is 0 Å². The Morgan fingerprint density at radius 2 is 0.983 bits per heavy atom. The van der Waals surface area contributed by atoms with Gasteiger partial charge in [0.2, 0.25) is 0 Å². The number of fused-ring (bicyclic) bond motifs is 9. The summed E-state index contributed by atoms with van der Waals surface area (Å²) in [6.07, 6.45) is 0.952. The molecule has 272 valence electrons. The third-order valence-corrected chi connectivity index (χ3v) is 13.2. The summed E-state index contributed by atoms with van der Waals surface area (Å²) in [6.45, 7) is 0. The normalized spacial score (nSPS) is 12.1. The van der Waals surface area contributed by atoms with Gasteiger partial charge < -0.3 is 9.47 Å². The van der Waals surface area contributed by atoms with Crippen molar-refractivity contribution in [3.63, 3.8) is 0 Å². The van der Waals surface area contributed by atoms with Crippen LogP contribution in [-0.4, -0.2) is 4.57 Å². The van der Waals surface area contributed by atoms with Crippen LogP contribution in [0.2, 0.25) is 0 Å². The first-order valence-electron chi connectivity index (χ1n) is 20.0. The molecular formula is C55H36N2S. The molecule has 0 atom stereocenters. The topological polar surface area (TPSA) is 8.17 Å². The van der Waals surface area contributed by atoms with E-state index >= 15 is 0 Å². The van der Waals surface area contributed by atoms with Gasteiger partial charge in [-0.15, -0.1) is 11.3 Å². The Morgan fingerprint density at radius 1 is 0.397 bits per heavy atom. The van der Waals surface area contributed by atoms with E-state index in [0.717, 1.165) is 17.8 Å². The van der Waals surface area contributed by atoms with Crippen molar-refractivity contribution in [3.8, 4) is 39.1 Å². The molecule has 12 rings (SSSR count). The number of anilines is 3. The van der Waals surface area contributed by atoms with Crippen LogP contribution >= 0.6 is 11.3 Å². The predicted molar refractivity (Wildman–Crippen MR) is 247 cm³/mol. The Hall–Kier alpha value is -7.20. The monoisotopic (exact) mass is 756 g/mol. The molecule has 0 unspecified atom stereocenters. The summed E-state index contributed by atoms with van der Waals surface area (Å²) in [5.74, 6) is 0. The quantitative estimate of drug-likeness (QED) is 0.164. The van der Waals surface area contributed by atoms with Gasteiger partial charge in [-0.25, -0.2) is 0 Å². The van der Waals surface area contributed by atoms with Crippen molar-refractivity contribution in [3.05, 3.63) is 217 Å². The van der Waals surface area contributed by atoms with E-state index in [2.05, 4.69) is 216 Å². The summed E-state index contributed by atoms with van der Waals surface area (Å²) in [4.78, 5) is 2.44. The van der Waals surface area contributed by atoms with Crippen molar-refractivity contribution in [2.75, 3.05) is 4.90 Å². The highest BCUT2D eigenvalue weighted by Gasteiger charge is 2.25. The van der Waals surface area contributed by atoms with Gasteiger partial charge in [0.15, 0.2) is 0 Å². The summed E-state index contributed by atoms with van der Waals surface area (Å²) < 4.78 is 5.05. The molecule has 58 heavy (non-hydrogen) atoms. The lowest BCUT2D eigenvalue weighted by molar-refractivity contribution is 1.18. The van der Waals surface area contributed by atoms with Gasteiger partial charge in [-0.05, 0) is 112 Å². The molecule has 2 heterocycles. The lowest BCUT2D eigenvalue weighted by atomic mass is 9.99. The van der Waals surface area contributed by atoms with Gasteiger partial charge in [0.05, 0.1) is 16.7 Å². The summed E-state index contributed by atoms with van der Waals surface area (Å²) in [5.41, 5.74) is 17.3. The zero-order chi connectivity index (χ0) is 38.2. The van der Waals surface area contributed by atoms with Crippen LogP contribution in [0, 0.1) is 0 Å². The Bertz CT molecular complexity index is 3350. The van der Waals surface area contributed by atoms with E-state index in [4.69, 9.17) is 0 Å². The molecule has 0 aliphatic heterocycles. The number of thiophene rings is 1. The number of hydrogen-bond acceptors (Lipinski definition) is 2. The van der Waals surface area contributed by atoms with E-state index in [1.807, 2.05) is 11.3 Å². The number of benzene rings is 9. The summed E-state index contributed by atoms with van der Waals surface area (Å²) in [7, 11) is 0. The number of para-hydroxylation sites is 2. The van der Waals surface area contributed by atoms with Crippen LogP contribution in [0.4, 0.5) is 17.1 Å². The molecule has 0 fully saturated rings. The molecule has 0 radical (unpaired) electrons. The zero-order valence-corrected chi connectivity index (χ0v) is 32.5. The van der Waals surface area contributed by atoms with Crippen LogP contribution < -0.4 is 4.90 Å². The fourth-order valence-electron chi connectivity index (χ4n) is 9.30. The van der Waals surface area contributed by atoms with E-state index in [-0.39, 0.29) is 0 Å². The molecule has 0 bridgehead atoms. The molecule has 2 nitrogen and oxygen atoms in total. The minimum absolute atomic E-state index is 0.952. The first-order chi connectivity index (χ1) is 28.7. The molecule has 3 heteroatoms. The van der Waals surface area contributed by atoms with Crippen molar-refractivity contribution in [1.82, 2.24) is 4.57 Å². The number of aromatic nitrogens is 1. The SMILES string of the molecule is c1ccc(-n2c3ccccc3c3ccc(-c4ccc(N(c5ccc(-c6ccc7c(c6)sc6ccccc67)cc5)c5cccc6c5-c5ccccc5C6)cc4)cc32)cc1. The molecule has 0 N–H and O–H groups in total. The van der Waals surface area contributed by atoms with E-state index in [1.165, 1.54) is 97.9 Å². The van der Waals surface area contributed by atoms with Crippen molar-refractivity contribution in [2.24, 2.45) is 0 Å². The van der Waals surface area contributed by atoms with Crippen molar-refractivity contribution < 1.29 is 0 Å². The maximum Gasteiger partial charge on any atom is 0.0547 e. The summed E-state index contributed by atoms with van der Waals surface area (Å²) in [6, 6.07) is 75.9. The molecule has 1 aliphatic carbocycles. The molecule has 2 aromatic heterocycles. The highest BCUT2D eigenvalue weighted by Crippen LogP contribution is 2.48. The standard InChI is InChI=1S/C55H36N2S/c1-2-13-42(14-3-1)57-50-18-8-6-16-46(50)47-31-25-38(34-52(47)57)36-21-27-43(28-22-36)56(51-19-10-12-41-33-40-11-4-5-15-45(40)55(41)51)44-29-23-37(24-30-44)39-26-32-49-48-17-7-9-20-53(48)58-54(49)35-39/h1-32,34-35H,33H2. The lowest BCUT2D eigenvalue weighted by Crippen LogP contribution is -2.11. The van der Waals surface area contributed by atoms with Gasteiger partial charge in [0.1, 0.15) is 0 Å². The summed E-state index contributed by atoms with van der Waals surface area (Å²) >= 11 is 1.87.